The van der Waals surface area contributed by atoms with Crippen LogP contribution in [0.15, 0.2) is 21.8 Å². The van der Waals surface area contributed by atoms with Crippen molar-refractivity contribution in [2.24, 2.45) is 0 Å². The van der Waals surface area contributed by atoms with Crippen LogP contribution in [0.5, 0.6) is 0 Å². The second-order valence-electron chi connectivity index (χ2n) is 4.33. The van der Waals surface area contributed by atoms with E-state index < -0.39 is 26.7 Å². The van der Waals surface area contributed by atoms with Crippen molar-refractivity contribution in [1.29, 1.82) is 0 Å². The second-order valence-corrected chi connectivity index (χ2v) is 5.69. The number of carbonyl (C=O) groups excluding carboxylic acids is 1. The first-order valence-electron chi connectivity index (χ1n) is 4.48. The SMILES string of the molecule is CC(C)(C)NC(=O)c1coc(S(=O)(=O)O)c1. The standard InChI is InChI=1S/C9H13NO5S/c1-9(2,3)10-8(11)6-4-7(15-5-6)16(12,13)14/h4-5H,1-3H3,(H,10,11)(H,12,13,14). The monoisotopic (exact) mass is 247 g/mol. The quantitative estimate of drug-likeness (QED) is 0.761. The number of hydrogen-bond acceptors (Lipinski definition) is 4. The van der Waals surface area contributed by atoms with Crippen molar-refractivity contribution in [3.63, 3.8) is 0 Å². The van der Waals surface area contributed by atoms with E-state index in [1.165, 1.54) is 0 Å². The summed E-state index contributed by atoms with van der Waals surface area (Å²) in [4.78, 5) is 11.6. The smallest absolute Gasteiger partial charge is 0.328 e. The van der Waals surface area contributed by atoms with Crippen molar-refractivity contribution in [1.82, 2.24) is 5.32 Å². The summed E-state index contributed by atoms with van der Waals surface area (Å²) in [5.74, 6) is -0.467. The van der Waals surface area contributed by atoms with Gasteiger partial charge in [0.15, 0.2) is 0 Å². The van der Waals surface area contributed by atoms with Crippen LogP contribution in [0, 0.1) is 0 Å². The molecule has 0 atom stereocenters. The molecule has 0 saturated carbocycles. The number of carbonyl (C=O) groups is 1. The zero-order valence-corrected chi connectivity index (χ0v) is 9.96. The molecule has 0 aliphatic heterocycles. The molecule has 0 aliphatic carbocycles. The number of hydrogen-bond donors (Lipinski definition) is 2. The lowest BCUT2D eigenvalue weighted by atomic mass is 10.1. The Morgan fingerprint density at radius 3 is 2.38 bits per heavy atom. The molecule has 7 heteroatoms. The molecule has 0 unspecified atom stereocenters. The van der Waals surface area contributed by atoms with Gasteiger partial charge >= 0.3 is 10.1 Å². The fourth-order valence-electron chi connectivity index (χ4n) is 0.984. The lowest BCUT2D eigenvalue weighted by Gasteiger charge is -2.19. The second kappa shape index (κ2) is 3.91. The van der Waals surface area contributed by atoms with E-state index in [0.717, 1.165) is 12.3 Å². The summed E-state index contributed by atoms with van der Waals surface area (Å²) in [5, 5.41) is 1.98. The van der Waals surface area contributed by atoms with Gasteiger partial charge in [0.05, 0.1) is 5.56 Å². The first-order chi connectivity index (χ1) is 7.09. The minimum Gasteiger partial charge on any atom is -0.450 e. The molecule has 1 aromatic rings. The van der Waals surface area contributed by atoms with Crippen molar-refractivity contribution >= 4 is 16.0 Å². The maximum absolute atomic E-state index is 11.6. The zero-order chi connectivity index (χ0) is 12.6. The Morgan fingerprint density at radius 1 is 1.44 bits per heavy atom. The van der Waals surface area contributed by atoms with Crippen molar-refractivity contribution < 1.29 is 22.2 Å². The van der Waals surface area contributed by atoms with Gasteiger partial charge in [-0.15, -0.1) is 0 Å². The maximum Gasteiger partial charge on any atom is 0.328 e. The van der Waals surface area contributed by atoms with Crippen LogP contribution in [-0.2, 0) is 10.1 Å². The summed E-state index contributed by atoms with van der Waals surface area (Å²) < 4.78 is 34.6. The number of amides is 1. The lowest BCUT2D eigenvalue weighted by molar-refractivity contribution is 0.0919. The van der Waals surface area contributed by atoms with Crippen molar-refractivity contribution in [2.45, 2.75) is 31.4 Å². The van der Waals surface area contributed by atoms with Crippen LogP contribution in [0.25, 0.3) is 0 Å². The summed E-state index contributed by atoms with van der Waals surface area (Å²) in [6, 6.07) is 0.969. The Kier molecular flexibility index (Phi) is 3.11. The summed E-state index contributed by atoms with van der Waals surface area (Å²) in [7, 11) is -4.41. The first-order valence-corrected chi connectivity index (χ1v) is 5.92. The van der Waals surface area contributed by atoms with Gasteiger partial charge in [0.1, 0.15) is 6.26 Å². The average Bonchev–Trinajstić information content (AvgIpc) is 2.46. The van der Waals surface area contributed by atoms with Crippen LogP contribution in [0.2, 0.25) is 0 Å². The first kappa shape index (κ1) is 12.7. The van der Waals surface area contributed by atoms with Gasteiger partial charge in [0.25, 0.3) is 5.91 Å². The molecular weight excluding hydrogens is 234 g/mol. The Morgan fingerprint density at radius 2 is 2.00 bits per heavy atom. The molecule has 0 bridgehead atoms. The predicted octanol–water partition coefficient (Wildman–Crippen LogP) is 1.05. The van der Waals surface area contributed by atoms with Gasteiger partial charge in [0, 0.05) is 11.6 Å². The minimum atomic E-state index is -4.41. The molecule has 1 aromatic heterocycles. The molecular formula is C9H13NO5S. The highest BCUT2D eigenvalue weighted by molar-refractivity contribution is 7.85. The maximum atomic E-state index is 11.6. The normalized spacial score (nSPS) is 12.5. The zero-order valence-electron chi connectivity index (χ0n) is 9.14. The molecule has 2 N–H and O–H groups in total. The molecule has 0 radical (unpaired) electrons. The summed E-state index contributed by atoms with van der Waals surface area (Å²) in [6.07, 6.45) is 0.976. The van der Waals surface area contributed by atoms with Gasteiger partial charge in [-0.05, 0) is 20.8 Å². The van der Waals surface area contributed by atoms with Crippen molar-refractivity contribution in [3.8, 4) is 0 Å². The Hall–Kier alpha value is -1.34. The Bertz CT molecular complexity index is 494. The Balaban J connectivity index is 2.92. The van der Waals surface area contributed by atoms with E-state index >= 15 is 0 Å². The molecule has 0 spiro atoms. The third-order valence-corrected chi connectivity index (χ3v) is 2.30. The topological polar surface area (TPSA) is 96.6 Å². The van der Waals surface area contributed by atoms with Gasteiger partial charge in [0.2, 0.25) is 5.09 Å². The highest BCUT2D eigenvalue weighted by Crippen LogP contribution is 2.14. The van der Waals surface area contributed by atoms with Crippen LogP contribution < -0.4 is 5.32 Å². The van der Waals surface area contributed by atoms with E-state index in [-0.39, 0.29) is 5.56 Å². The minimum absolute atomic E-state index is 0.0440. The van der Waals surface area contributed by atoms with E-state index in [9.17, 15) is 13.2 Å². The summed E-state index contributed by atoms with van der Waals surface area (Å²) in [5.41, 5.74) is -0.394. The Labute approximate surface area is 93.4 Å². The number of rotatable bonds is 2. The van der Waals surface area contributed by atoms with Crippen molar-refractivity contribution in [2.75, 3.05) is 0 Å². The van der Waals surface area contributed by atoms with Crippen LogP contribution >= 0.6 is 0 Å². The molecule has 90 valence electrons. The molecule has 1 rings (SSSR count). The van der Waals surface area contributed by atoms with Crippen LogP contribution in [-0.4, -0.2) is 24.4 Å². The van der Waals surface area contributed by atoms with Gasteiger partial charge in [-0.25, -0.2) is 0 Å². The van der Waals surface area contributed by atoms with Crippen LogP contribution in [0.4, 0.5) is 0 Å². The fraction of sp³-hybridized carbons (Fsp3) is 0.444. The molecule has 0 aromatic carbocycles. The van der Waals surface area contributed by atoms with E-state index in [1.54, 1.807) is 20.8 Å². The fourth-order valence-corrected chi connectivity index (χ4v) is 1.43. The van der Waals surface area contributed by atoms with Crippen molar-refractivity contribution in [3.05, 3.63) is 17.9 Å². The average molecular weight is 247 g/mol. The molecule has 0 aliphatic rings. The van der Waals surface area contributed by atoms with Gasteiger partial charge in [-0.3, -0.25) is 9.35 Å². The largest absolute Gasteiger partial charge is 0.450 e. The van der Waals surface area contributed by atoms with E-state index in [0.29, 0.717) is 0 Å². The summed E-state index contributed by atoms with van der Waals surface area (Å²) in [6.45, 7) is 5.36. The molecule has 0 fully saturated rings. The van der Waals surface area contributed by atoms with E-state index in [4.69, 9.17) is 4.55 Å². The molecule has 6 nitrogen and oxygen atoms in total. The third kappa shape index (κ3) is 3.35. The van der Waals surface area contributed by atoms with Crippen LogP contribution in [0.3, 0.4) is 0 Å². The van der Waals surface area contributed by atoms with Gasteiger partial charge in [-0.1, -0.05) is 0 Å². The molecule has 1 heterocycles. The summed E-state index contributed by atoms with van der Waals surface area (Å²) >= 11 is 0. The number of nitrogens with one attached hydrogen (secondary N) is 1. The molecule has 16 heavy (non-hydrogen) atoms. The van der Waals surface area contributed by atoms with E-state index in [1.807, 2.05) is 0 Å². The predicted molar refractivity (Wildman–Crippen MR) is 55.7 cm³/mol. The van der Waals surface area contributed by atoms with Gasteiger partial charge < -0.3 is 9.73 Å². The van der Waals surface area contributed by atoms with Gasteiger partial charge in [-0.2, -0.15) is 8.42 Å². The number of furan rings is 1. The third-order valence-electron chi connectivity index (χ3n) is 1.58. The van der Waals surface area contributed by atoms with E-state index in [2.05, 4.69) is 9.73 Å². The van der Waals surface area contributed by atoms with Crippen LogP contribution in [0.1, 0.15) is 31.1 Å². The lowest BCUT2D eigenvalue weighted by Crippen LogP contribution is -2.40. The highest BCUT2D eigenvalue weighted by Gasteiger charge is 2.21. The highest BCUT2D eigenvalue weighted by atomic mass is 32.2. The molecule has 1 amide bonds. The molecule has 0 saturated heterocycles.